The molecule has 0 bridgehead atoms. The summed E-state index contributed by atoms with van der Waals surface area (Å²) >= 11 is 1.44. The van der Waals surface area contributed by atoms with Gasteiger partial charge in [0.15, 0.2) is 0 Å². The lowest BCUT2D eigenvalue weighted by Crippen LogP contribution is -2.36. The molecule has 0 radical (unpaired) electrons. The van der Waals surface area contributed by atoms with E-state index in [1.807, 2.05) is 24.3 Å². The van der Waals surface area contributed by atoms with Gasteiger partial charge in [-0.2, -0.15) is 0 Å². The number of amides is 2. The van der Waals surface area contributed by atoms with Crippen molar-refractivity contribution < 1.29 is 14.7 Å². The highest BCUT2D eigenvalue weighted by Gasteiger charge is 2.24. The molecule has 1 saturated heterocycles. The summed E-state index contributed by atoms with van der Waals surface area (Å²) in [4.78, 5) is 38.5. The SMILES string of the molecule is O=C(Nc1cccc(CN2CCC(C(=O)O)CC2)n1)Nc1csc(-c2ccncc2)n1. The van der Waals surface area contributed by atoms with Crippen LogP contribution in [0.3, 0.4) is 0 Å². The van der Waals surface area contributed by atoms with E-state index in [9.17, 15) is 9.59 Å². The Kier molecular flexibility index (Phi) is 6.48. The smallest absolute Gasteiger partial charge is 0.326 e. The molecule has 1 aliphatic rings. The number of anilines is 2. The number of carboxylic acid groups (broad SMARTS) is 1. The van der Waals surface area contributed by atoms with E-state index in [4.69, 9.17) is 5.11 Å². The number of likely N-dealkylation sites (tertiary alicyclic amines) is 1. The Morgan fingerprint density at radius 3 is 2.55 bits per heavy atom. The number of carbonyl (C=O) groups excluding carboxylic acids is 1. The van der Waals surface area contributed by atoms with E-state index in [2.05, 4.69) is 30.5 Å². The van der Waals surface area contributed by atoms with Gasteiger partial charge in [0.2, 0.25) is 0 Å². The van der Waals surface area contributed by atoms with Gasteiger partial charge >= 0.3 is 12.0 Å². The molecule has 3 N–H and O–H groups in total. The van der Waals surface area contributed by atoms with E-state index in [0.717, 1.165) is 29.4 Å². The largest absolute Gasteiger partial charge is 0.481 e. The minimum Gasteiger partial charge on any atom is -0.481 e. The predicted octanol–water partition coefficient (Wildman–Crippen LogP) is 3.54. The maximum atomic E-state index is 12.4. The fourth-order valence-electron chi connectivity index (χ4n) is 3.43. The average molecular weight is 439 g/mol. The Hall–Kier alpha value is -3.37. The third-order valence-corrected chi connectivity index (χ3v) is 5.94. The maximum Gasteiger partial charge on any atom is 0.326 e. The molecule has 10 heteroatoms. The Labute approximate surface area is 183 Å². The molecule has 1 aliphatic heterocycles. The van der Waals surface area contributed by atoms with E-state index in [1.54, 1.807) is 23.8 Å². The summed E-state index contributed by atoms with van der Waals surface area (Å²) in [5.41, 5.74) is 1.76. The second kappa shape index (κ2) is 9.63. The fraction of sp³-hybridized carbons (Fsp3) is 0.286. The van der Waals surface area contributed by atoms with Gasteiger partial charge in [0.1, 0.15) is 16.6 Å². The first kappa shape index (κ1) is 20.9. The van der Waals surface area contributed by atoms with Crippen LogP contribution in [0.1, 0.15) is 18.5 Å². The lowest BCUT2D eigenvalue weighted by Gasteiger charge is -2.29. The van der Waals surface area contributed by atoms with Crippen molar-refractivity contribution in [3.63, 3.8) is 0 Å². The monoisotopic (exact) mass is 438 g/mol. The lowest BCUT2D eigenvalue weighted by molar-refractivity contribution is -0.143. The Morgan fingerprint density at radius 2 is 1.81 bits per heavy atom. The van der Waals surface area contributed by atoms with Crippen molar-refractivity contribution in [1.29, 1.82) is 0 Å². The highest BCUT2D eigenvalue weighted by Crippen LogP contribution is 2.25. The topological polar surface area (TPSA) is 120 Å². The van der Waals surface area contributed by atoms with Crippen LogP contribution in [0.25, 0.3) is 10.6 Å². The van der Waals surface area contributed by atoms with Crippen LogP contribution in [0.15, 0.2) is 48.1 Å². The van der Waals surface area contributed by atoms with E-state index in [1.165, 1.54) is 11.3 Å². The number of pyridine rings is 2. The van der Waals surface area contributed by atoms with Crippen LogP contribution in [0, 0.1) is 5.92 Å². The predicted molar refractivity (Wildman–Crippen MR) is 118 cm³/mol. The molecule has 1 fully saturated rings. The number of urea groups is 1. The highest BCUT2D eigenvalue weighted by molar-refractivity contribution is 7.13. The summed E-state index contributed by atoms with van der Waals surface area (Å²) in [6, 6.07) is 8.77. The molecule has 2 amide bonds. The van der Waals surface area contributed by atoms with E-state index in [-0.39, 0.29) is 5.92 Å². The minimum absolute atomic E-state index is 0.259. The third-order valence-electron chi connectivity index (χ3n) is 5.04. The van der Waals surface area contributed by atoms with Crippen LogP contribution in [0.2, 0.25) is 0 Å². The van der Waals surface area contributed by atoms with Crippen LogP contribution in [0.5, 0.6) is 0 Å². The van der Waals surface area contributed by atoms with Crippen LogP contribution in [-0.2, 0) is 11.3 Å². The van der Waals surface area contributed by atoms with Crippen LogP contribution < -0.4 is 10.6 Å². The number of aliphatic carboxylic acids is 1. The number of carboxylic acids is 1. The molecule has 4 heterocycles. The quantitative estimate of drug-likeness (QED) is 0.538. The van der Waals surface area contributed by atoms with Crippen molar-refractivity contribution in [3.05, 3.63) is 53.8 Å². The molecule has 0 spiro atoms. The van der Waals surface area contributed by atoms with Crippen LogP contribution in [-0.4, -0.2) is 50.0 Å². The second-order valence-corrected chi connectivity index (χ2v) is 8.11. The first-order valence-electron chi connectivity index (χ1n) is 9.92. The second-order valence-electron chi connectivity index (χ2n) is 7.26. The Bertz CT molecular complexity index is 1050. The summed E-state index contributed by atoms with van der Waals surface area (Å²) in [6.07, 6.45) is 4.68. The normalized spacial score (nSPS) is 14.8. The summed E-state index contributed by atoms with van der Waals surface area (Å²) in [5.74, 6) is -0.0690. The minimum atomic E-state index is -0.719. The molecule has 3 aromatic rings. The number of rotatable bonds is 6. The van der Waals surface area contributed by atoms with Gasteiger partial charge in [-0.15, -0.1) is 11.3 Å². The molecule has 9 nitrogen and oxygen atoms in total. The molecule has 160 valence electrons. The first-order chi connectivity index (χ1) is 15.1. The zero-order chi connectivity index (χ0) is 21.6. The van der Waals surface area contributed by atoms with Gasteiger partial charge in [0.05, 0.1) is 11.6 Å². The summed E-state index contributed by atoms with van der Waals surface area (Å²) in [5, 5.41) is 17.2. The highest BCUT2D eigenvalue weighted by atomic mass is 32.1. The zero-order valence-electron chi connectivity index (χ0n) is 16.7. The molecule has 3 aromatic heterocycles. The maximum absolute atomic E-state index is 12.4. The van der Waals surface area contributed by atoms with Crippen molar-refractivity contribution >= 4 is 35.0 Å². The van der Waals surface area contributed by atoms with Gasteiger partial charge in [0, 0.05) is 29.9 Å². The van der Waals surface area contributed by atoms with E-state index >= 15 is 0 Å². The number of aromatic nitrogens is 3. The molecule has 0 saturated carbocycles. The molecule has 0 aliphatic carbocycles. The molecular formula is C21H22N6O3S. The zero-order valence-corrected chi connectivity index (χ0v) is 17.5. The number of nitrogens with one attached hydrogen (secondary N) is 2. The van der Waals surface area contributed by atoms with Gasteiger partial charge in [-0.3, -0.25) is 25.3 Å². The number of hydrogen-bond acceptors (Lipinski definition) is 7. The van der Waals surface area contributed by atoms with Gasteiger partial charge in [0.25, 0.3) is 0 Å². The van der Waals surface area contributed by atoms with Crippen molar-refractivity contribution in [3.8, 4) is 10.6 Å². The molecule has 0 unspecified atom stereocenters. The Morgan fingerprint density at radius 1 is 1.06 bits per heavy atom. The van der Waals surface area contributed by atoms with Gasteiger partial charge < -0.3 is 5.11 Å². The van der Waals surface area contributed by atoms with Crippen molar-refractivity contribution in [1.82, 2.24) is 19.9 Å². The van der Waals surface area contributed by atoms with Crippen LogP contribution in [0.4, 0.5) is 16.4 Å². The van der Waals surface area contributed by atoms with E-state index < -0.39 is 12.0 Å². The molecule has 4 rings (SSSR count). The summed E-state index contributed by atoms with van der Waals surface area (Å²) in [7, 11) is 0. The molecule has 0 aromatic carbocycles. The van der Waals surface area contributed by atoms with Crippen molar-refractivity contribution in [2.24, 2.45) is 5.92 Å². The first-order valence-corrected chi connectivity index (χ1v) is 10.8. The van der Waals surface area contributed by atoms with Crippen molar-refractivity contribution in [2.75, 3.05) is 23.7 Å². The summed E-state index contributed by atoms with van der Waals surface area (Å²) in [6.45, 7) is 2.06. The molecule has 0 atom stereocenters. The van der Waals surface area contributed by atoms with E-state index in [0.29, 0.717) is 31.0 Å². The number of piperidine rings is 1. The lowest BCUT2D eigenvalue weighted by atomic mass is 9.97. The third kappa shape index (κ3) is 5.62. The van der Waals surface area contributed by atoms with Gasteiger partial charge in [-0.1, -0.05) is 6.07 Å². The summed E-state index contributed by atoms with van der Waals surface area (Å²) < 4.78 is 0. The molecular weight excluding hydrogens is 416 g/mol. The number of hydrogen-bond donors (Lipinski definition) is 3. The molecule has 31 heavy (non-hydrogen) atoms. The van der Waals surface area contributed by atoms with Gasteiger partial charge in [-0.25, -0.2) is 14.8 Å². The number of thiazole rings is 1. The van der Waals surface area contributed by atoms with Crippen molar-refractivity contribution in [2.45, 2.75) is 19.4 Å². The number of carbonyl (C=O) groups is 2. The van der Waals surface area contributed by atoms with Crippen LogP contribution >= 0.6 is 11.3 Å². The van der Waals surface area contributed by atoms with Gasteiger partial charge in [-0.05, 0) is 50.2 Å². The number of nitrogens with zero attached hydrogens (tertiary/aromatic N) is 4. The average Bonchev–Trinajstić information content (AvgIpc) is 3.23. The standard InChI is InChI=1S/C21H22N6O3S/c28-20(29)15-6-10-27(11-7-15)12-16-2-1-3-17(23-16)25-21(30)26-18-13-31-19(24-18)14-4-8-22-9-5-14/h1-5,8-9,13,15H,6-7,10-12H2,(H,28,29)(H2,23,25,26,30). The fourth-order valence-corrected chi connectivity index (χ4v) is 4.18. The Balaban J connectivity index is 1.31.